The van der Waals surface area contributed by atoms with Gasteiger partial charge in [-0.3, -0.25) is 0 Å². The molecular weight excluding hydrogens is 352 g/mol. The Kier molecular flexibility index (Phi) is 5.66. The van der Waals surface area contributed by atoms with E-state index >= 15 is 0 Å². The van der Waals surface area contributed by atoms with Gasteiger partial charge in [0.15, 0.2) is 0 Å². The summed E-state index contributed by atoms with van der Waals surface area (Å²) in [5.41, 5.74) is 2.13. The van der Waals surface area contributed by atoms with Crippen LogP contribution in [0, 0.1) is 0 Å². The Bertz CT molecular complexity index is 900. The molecule has 7 heteroatoms. The van der Waals surface area contributed by atoms with Crippen LogP contribution in [0.4, 0.5) is 17.3 Å². The van der Waals surface area contributed by atoms with Crippen molar-refractivity contribution in [2.75, 3.05) is 17.7 Å². The Morgan fingerprint density at radius 2 is 1.81 bits per heavy atom. The van der Waals surface area contributed by atoms with Gasteiger partial charge in [-0.2, -0.15) is 0 Å². The lowest BCUT2D eigenvalue weighted by atomic mass is 10.2. The van der Waals surface area contributed by atoms with Gasteiger partial charge in [-0.05, 0) is 29.8 Å². The Morgan fingerprint density at radius 1 is 1.08 bits per heavy atom. The molecule has 0 fully saturated rings. The Labute approximate surface area is 156 Å². The van der Waals surface area contributed by atoms with Crippen molar-refractivity contribution in [1.82, 2.24) is 9.97 Å². The second-order valence-corrected chi connectivity index (χ2v) is 5.87. The molecule has 3 rings (SSSR count). The van der Waals surface area contributed by atoms with Gasteiger partial charge in [0.05, 0.1) is 18.4 Å². The summed E-state index contributed by atoms with van der Waals surface area (Å²) in [4.78, 5) is 20.3. The predicted molar refractivity (Wildman–Crippen MR) is 102 cm³/mol. The van der Waals surface area contributed by atoms with E-state index in [0.717, 1.165) is 5.56 Å². The number of methoxy groups -OCH3 is 1. The molecule has 2 aromatic carbocycles. The summed E-state index contributed by atoms with van der Waals surface area (Å²) in [6, 6.07) is 16.4. The third-order valence-corrected chi connectivity index (χ3v) is 3.90. The summed E-state index contributed by atoms with van der Waals surface area (Å²) >= 11 is 5.89. The maximum absolute atomic E-state index is 11.9. The van der Waals surface area contributed by atoms with Gasteiger partial charge in [-0.1, -0.05) is 35.9 Å². The molecule has 0 spiro atoms. The number of carbonyl (C=O) groups excluding carboxylic acids is 1. The zero-order valence-electron chi connectivity index (χ0n) is 14.1. The highest BCUT2D eigenvalue weighted by molar-refractivity contribution is 6.30. The largest absolute Gasteiger partial charge is 0.465 e. The molecule has 0 bridgehead atoms. The highest BCUT2D eigenvalue weighted by Crippen LogP contribution is 2.21. The van der Waals surface area contributed by atoms with Gasteiger partial charge in [0.1, 0.15) is 18.0 Å². The van der Waals surface area contributed by atoms with Crippen molar-refractivity contribution < 1.29 is 9.53 Å². The first-order valence-electron chi connectivity index (χ1n) is 7.90. The highest BCUT2D eigenvalue weighted by atomic mass is 35.5. The van der Waals surface area contributed by atoms with Crippen molar-refractivity contribution in [2.45, 2.75) is 6.54 Å². The number of nitrogens with one attached hydrogen (secondary N) is 2. The molecule has 0 aliphatic rings. The lowest BCUT2D eigenvalue weighted by molar-refractivity contribution is 0.0602. The minimum atomic E-state index is -0.414. The number of para-hydroxylation sites is 1. The summed E-state index contributed by atoms with van der Waals surface area (Å²) in [6.45, 7) is 0.604. The van der Waals surface area contributed by atoms with Crippen LogP contribution in [-0.2, 0) is 11.3 Å². The van der Waals surface area contributed by atoms with Crippen LogP contribution in [0.1, 0.15) is 15.9 Å². The minimum absolute atomic E-state index is 0.414. The fraction of sp³-hybridized carbons (Fsp3) is 0.105. The number of aromatic nitrogens is 2. The van der Waals surface area contributed by atoms with E-state index < -0.39 is 5.97 Å². The first kappa shape index (κ1) is 17.7. The Balaban J connectivity index is 1.72. The van der Waals surface area contributed by atoms with Crippen LogP contribution >= 0.6 is 11.6 Å². The number of benzene rings is 2. The number of hydrogen-bond donors (Lipinski definition) is 2. The van der Waals surface area contributed by atoms with Crippen LogP contribution in [0.2, 0.25) is 5.02 Å². The summed E-state index contributed by atoms with van der Waals surface area (Å²) in [6.07, 6.45) is 1.45. The van der Waals surface area contributed by atoms with Crippen LogP contribution in [0.25, 0.3) is 0 Å². The molecule has 132 valence electrons. The Morgan fingerprint density at radius 3 is 2.58 bits per heavy atom. The average Bonchev–Trinajstić information content (AvgIpc) is 2.68. The van der Waals surface area contributed by atoms with E-state index in [1.54, 1.807) is 24.3 Å². The molecule has 26 heavy (non-hydrogen) atoms. The molecule has 1 aromatic heterocycles. The van der Waals surface area contributed by atoms with Gasteiger partial charge in [-0.25, -0.2) is 14.8 Å². The second kappa shape index (κ2) is 8.31. The number of anilines is 3. The van der Waals surface area contributed by atoms with Gasteiger partial charge < -0.3 is 15.4 Å². The van der Waals surface area contributed by atoms with Crippen LogP contribution in [0.15, 0.2) is 60.9 Å². The monoisotopic (exact) mass is 368 g/mol. The minimum Gasteiger partial charge on any atom is -0.465 e. The normalized spacial score (nSPS) is 10.2. The number of halogens is 1. The molecule has 1 heterocycles. The molecule has 0 amide bonds. The van der Waals surface area contributed by atoms with Crippen molar-refractivity contribution in [2.24, 2.45) is 0 Å². The van der Waals surface area contributed by atoms with Crippen molar-refractivity contribution in [3.63, 3.8) is 0 Å². The van der Waals surface area contributed by atoms with E-state index in [9.17, 15) is 4.79 Å². The molecule has 0 unspecified atom stereocenters. The van der Waals surface area contributed by atoms with Gasteiger partial charge in [0.25, 0.3) is 0 Å². The Hall–Kier alpha value is -3.12. The molecule has 0 saturated heterocycles. The molecule has 6 nitrogen and oxygen atoms in total. The van der Waals surface area contributed by atoms with Gasteiger partial charge in [0, 0.05) is 17.6 Å². The molecule has 0 saturated carbocycles. The van der Waals surface area contributed by atoms with E-state index in [4.69, 9.17) is 16.3 Å². The standard InChI is InChI=1S/C19H17ClN4O2/c1-26-19(25)15-4-2-3-5-16(15)24-18-10-17(22-12-23-18)21-11-13-6-8-14(20)9-7-13/h2-10,12H,11H2,1H3,(H2,21,22,23,24). The lowest BCUT2D eigenvalue weighted by Crippen LogP contribution is -2.07. The van der Waals surface area contributed by atoms with E-state index in [1.165, 1.54) is 13.4 Å². The smallest absolute Gasteiger partial charge is 0.339 e. The predicted octanol–water partition coefficient (Wildman–Crippen LogP) is 4.27. The van der Waals surface area contributed by atoms with Crippen molar-refractivity contribution in [1.29, 1.82) is 0 Å². The lowest BCUT2D eigenvalue weighted by Gasteiger charge is -2.11. The number of esters is 1. The van der Waals surface area contributed by atoms with E-state index in [1.807, 2.05) is 30.3 Å². The van der Waals surface area contributed by atoms with Crippen molar-refractivity contribution >= 4 is 34.9 Å². The zero-order valence-corrected chi connectivity index (χ0v) is 14.8. The summed E-state index contributed by atoms with van der Waals surface area (Å²) in [5, 5.41) is 7.05. The quantitative estimate of drug-likeness (QED) is 0.633. The topological polar surface area (TPSA) is 76.1 Å². The molecule has 0 radical (unpaired) electrons. The summed E-state index contributed by atoms with van der Waals surface area (Å²) in [7, 11) is 1.35. The van der Waals surface area contributed by atoms with Crippen LogP contribution in [0.5, 0.6) is 0 Å². The van der Waals surface area contributed by atoms with E-state index in [2.05, 4.69) is 20.6 Å². The molecular formula is C19H17ClN4O2. The van der Waals surface area contributed by atoms with Gasteiger partial charge >= 0.3 is 5.97 Å². The fourth-order valence-electron chi connectivity index (χ4n) is 2.34. The summed E-state index contributed by atoms with van der Waals surface area (Å²) in [5.74, 6) is 0.811. The maximum Gasteiger partial charge on any atom is 0.339 e. The van der Waals surface area contributed by atoms with Crippen LogP contribution in [-0.4, -0.2) is 23.0 Å². The third kappa shape index (κ3) is 4.49. The third-order valence-electron chi connectivity index (χ3n) is 3.65. The molecule has 2 N–H and O–H groups in total. The number of ether oxygens (including phenoxy) is 1. The molecule has 0 atom stereocenters. The van der Waals surface area contributed by atoms with Gasteiger partial charge in [-0.15, -0.1) is 0 Å². The number of nitrogens with zero attached hydrogens (tertiary/aromatic N) is 2. The number of carbonyl (C=O) groups is 1. The first-order chi connectivity index (χ1) is 12.7. The molecule has 3 aromatic rings. The summed E-state index contributed by atoms with van der Waals surface area (Å²) < 4.78 is 4.80. The van der Waals surface area contributed by atoms with E-state index in [-0.39, 0.29) is 0 Å². The number of rotatable bonds is 6. The van der Waals surface area contributed by atoms with Crippen molar-refractivity contribution in [3.8, 4) is 0 Å². The number of hydrogen-bond acceptors (Lipinski definition) is 6. The van der Waals surface area contributed by atoms with Crippen LogP contribution in [0.3, 0.4) is 0 Å². The first-order valence-corrected chi connectivity index (χ1v) is 8.28. The zero-order chi connectivity index (χ0) is 18.4. The average molecular weight is 369 g/mol. The van der Waals surface area contributed by atoms with Crippen LogP contribution < -0.4 is 10.6 Å². The molecule has 0 aliphatic heterocycles. The second-order valence-electron chi connectivity index (χ2n) is 5.43. The highest BCUT2D eigenvalue weighted by Gasteiger charge is 2.11. The molecule has 0 aliphatic carbocycles. The van der Waals surface area contributed by atoms with Crippen molar-refractivity contribution in [3.05, 3.63) is 77.1 Å². The van der Waals surface area contributed by atoms with Gasteiger partial charge in [0.2, 0.25) is 0 Å². The van der Waals surface area contributed by atoms with E-state index in [0.29, 0.717) is 34.5 Å². The fourth-order valence-corrected chi connectivity index (χ4v) is 2.46. The SMILES string of the molecule is COC(=O)c1ccccc1Nc1cc(NCc2ccc(Cl)cc2)ncn1. The maximum atomic E-state index is 11.9.